The van der Waals surface area contributed by atoms with E-state index in [0.717, 1.165) is 11.6 Å². The van der Waals surface area contributed by atoms with E-state index in [1.165, 1.54) is 0 Å². The van der Waals surface area contributed by atoms with Crippen LogP contribution in [-0.2, 0) is 11.0 Å². The van der Waals surface area contributed by atoms with Crippen molar-refractivity contribution in [1.82, 2.24) is 15.2 Å². The molecule has 1 atom stereocenters. The van der Waals surface area contributed by atoms with Crippen molar-refractivity contribution >= 4 is 29.0 Å². The number of carbonyl (C=O) groups is 1. The third-order valence-corrected chi connectivity index (χ3v) is 5.45. The molecule has 0 radical (unpaired) electrons. The zero-order valence-electron chi connectivity index (χ0n) is 19.3. The molecule has 0 aliphatic carbocycles. The lowest BCUT2D eigenvalue weighted by Crippen LogP contribution is -2.32. The van der Waals surface area contributed by atoms with Crippen LogP contribution >= 0.6 is 0 Å². The number of rotatable bonds is 6. The van der Waals surface area contributed by atoms with Gasteiger partial charge in [0.25, 0.3) is 11.8 Å². The van der Waals surface area contributed by atoms with Crippen molar-refractivity contribution in [2.24, 2.45) is 4.99 Å². The third kappa shape index (κ3) is 5.00. The lowest BCUT2D eigenvalue weighted by molar-refractivity contribution is -0.137. The smallest absolute Gasteiger partial charge is 0.402 e. The Morgan fingerprint density at radius 2 is 1.84 bits per heavy atom. The Labute approximate surface area is 213 Å². The molecule has 2 aromatic carbocycles. The molecule has 13 heteroatoms. The molecule has 2 aromatic heterocycles. The topological polar surface area (TPSA) is 141 Å². The van der Waals surface area contributed by atoms with Crippen LogP contribution in [0.15, 0.2) is 76.3 Å². The van der Waals surface area contributed by atoms with Crippen molar-refractivity contribution in [2.75, 3.05) is 22.5 Å². The number of hydrogen-bond acceptors (Lipinski definition) is 9. The zero-order chi connectivity index (χ0) is 26.7. The summed E-state index contributed by atoms with van der Waals surface area (Å²) >= 11 is 0. The van der Waals surface area contributed by atoms with Crippen molar-refractivity contribution in [3.05, 3.63) is 83.6 Å². The van der Waals surface area contributed by atoms with E-state index in [0.29, 0.717) is 23.2 Å². The number of fused-ring (bicyclic) bond motifs is 1. The minimum Gasteiger partial charge on any atom is -0.402 e. The van der Waals surface area contributed by atoms with Gasteiger partial charge in [-0.25, -0.2) is 9.98 Å². The minimum absolute atomic E-state index is 0.0972. The Morgan fingerprint density at radius 1 is 1.08 bits per heavy atom. The number of nitrogens with zero attached hydrogens (tertiary/aromatic N) is 5. The maximum atomic E-state index is 13.2. The highest BCUT2D eigenvalue weighted by atomic mass is 19.4. The molecule has 1 aliphatic rings. The van der Waals surface area contributed by atoms with Crippen molar-refractivity contribution < 1.29 is 22.4 Å². The number of benzene rings is 2. The molecule has 0 saturated heterocycles. The molecule has 0 unspecified atom stereocenters. The van der Waals surface area contributed by atoms with Gasteiger partial charge in [0.1, 0.15) is 6.54 Å². The highest BCUT2D eigenvalue weighted by Gasteiger charge is 2.33. The van der Waals surface area contributed by atoms with E-state index in [1.54, 1.807) is 18.2 Å². The second kappa shape index (κ2) is 10.0. The SMILES string of the molecule is N#CCNc1cc(C(F)(F)F)cnc1-c1nnc(N[C@H]2N=C(c3ccccc3)c3ccccc3NC2=O)o1. The summed E-state index contributed by atoms with van der Waals surface area (Å²) in [6.45, 7) is -0.283. The highest BCUT2D eigenvalue weighted by Crippen LogP contribution is 2.34. The van der Waals surface area contributed by atoms with Gasteiger partial charge in [0.15, 0.2) is 5.69 Å². The molecule has 0 fully saturated rings. The van der Waals surface area contributed by atoms with Gasteiger partial charge < -0.3 is 20.4 Å². The molecule has 190 valence electrons. The Bertz CT molecular complexity index is 1560. The molecular formula is C25H17F3N8O2. The van der Waals surface area contributed by atoms with Crippen molar-refractivity contribution in [3.8, 4) is 17.7 Å². The second-order valence-corrected chi connectivity index (χ2v) is 7.97. The van der Waals surface area contributed by atoms with Crippen LogP contribution in [0, 0.1) is 11.3 Å². The van der Waals surface area contributed by atoms with Gasteiger partial charge in [0.2, 0.25) is 6.17 Å². The number of anilines is 3. The molecule has 3 N–H and O–H groups in total. The number of nitriles is 1. The number of hydrogen-bond donors (Lipinski definition) is 3. The standard InChI is InChI=1S/C25H17F3N8O2/c26-25(27,28)15-12-18(30-11-10-29)20(31-13-15)23-35-36-24(38-23)34-21-22(37)32-17-9-5-4-8-16(17)19(33-21)14-6-2-1-3-7-14/h1-9,12-13,21,30H,11H2,(H,32,37)(H,34,36)/t21-/m1/s1. The molecule has 1 amide bonds. The predicted molar refractivity (Wildman–Crippen MR) is 131 cm³/mol. The molecule has 10 nitrogen and oxygen atoms in total. The van der Waals surface area contributed by atoms with Crippen molar-refractivity contribution in [3.63, 3.8) is 0 Å². The van der Waals surface area contributed by atoms with Gasteiger partial charge in [-0.15, -0.1) is 5.10 Å². The lowest BCUT2D eigenvalue weighted by atomic mass is 10.0. The summed E-state index contributed by atoms with van der Waals surface area (Å²) in [4.78, 5) is 21.4. The monoisotopic (exact) mass is 518 g/mol. The number of pyridine rings is 1. The number of aromatic nitrogens is 3. The van der Waals surface area contributed by atoms with Gasteiger partial charge in [0.05, 0.1) is 28.7 Å². The van der Waals surface area contributed by atoms with E-state index in [1.807, 2.05) is 42.5 Å². The Morgan fingerprint density at radius 3 is 2.61 bits per heavy atom. The third-order valence-electron chi connectivity index (χ3n) is 5.45. The summed E-state index contributed by atoms with van der Waals surface area (Å²) < 4.78 is 45.1. The number of carbonyl (C=O) groups excluding carboxylic acids is 1. The molecule has 38 heavy (non-hydrogen) atoms. The van der Waals surface area contributed by atoms with Gasteiger partial charge in [-0.1, -0.05) is 53.6 Å². The first-order chi connectivity index (χ1) is 18.3. The average Bonchev–Trinajstić information content (AvgIpc) is 3.33. The van der Waals surface area contributed by atoms with Gasteiger partial charge in [0, 0.05) is 17.3 Å². The van der Waals surface area contributed by atoms with Gasteiger partial charge in [-0.2, -0.15) is 18.4 Å². The van der Waals surface area contributed by atoms with Crippen molar-refractivity contribution in [2.45, 2.75) is 12.3 Å². The van der Waals surface area contributed by atoms with Gasteiger partial charge in [-0.3, -0.25) is 4.79 Å². The number of benzodiazepines with no additional fused rings is 1. The van der Waals surface area contributed by atoms with Crippen LogP contribution < -0.4 is 16.0 Å². The van der Waals surface area contributed by atoms with E-state index < -0.39 is 23.8 Å². The minimum atomic E-state index is -4.64. The normalized spacial score (nSPS) is 14.9. The van der Waals surface area contributed by atoms with Crippen LogP contribution in [0.2, 0.25) is 0 Å². The fourth-order valence-electron chi connectivity index (χ4n) is 3.73. The van der Waals surface area contributed by atoms with Crippen LogP contribution in [0.5, 0.6) is 0 Å². The van der Waals surface area contributed by atoms with E-state index >= 15 is 0 Å². The van der Waals surface area contributed by atoms with Crippen LogP contribution in [0.4, 0.5) is 30.6 Å². The zero-order valence-corrected chi connectivity index (χ0v) is 19.3. The average molecular weight is 518 g/mol. The van der Waals surface area contributed by atoms with Crippen molar-refractivity contribution in [1.29, 1.82) is 5.26 Å². The first-order valence-electron chi connectivity index (χ1n) is 11.2. The summed E-state index contributed by atoms with van der Waals surface area (Å²) in [5.41, 5.74) is 1.36. The van der Waals surface area contributed by atoms with E-state index in [9.17, 15) is 18.0 Å². The molecule has 0 spiro atoms. The summed E-state index contributed by atoms with van der Waals surface area (Å²) in [5, 5.41) is 24.7. The molecule has 0 saturated carbocycles. The number of nitrogens with one attached hydrogen (secondary N) is 3. The Balaban J connectivity index is 1.48. The molecule has 1 aliphatic heterocycles. The second-order valence-electron chi connectivity index (χ2n) is 7.97. The highest BCUT2D eigenvalue weighted by molar-refractivity contribution is 6.19. The van der Waals surface area contributed by atoms with E-state index in [-0.39, 0.29) is 29.8 Å². The summed E-state index contributed by atoms with van der Waals surface area (Å²) in [6.07, 6.45) is -5.20. The molecule has 0 bridgehead atoms. The number of halogens is 3. The predicted octanol–water partition coefficient (Wildman–Crippen LogP) is 4.31. The summed E-state index contributed by atoms with van der Waals surface area (Å²) in [6, 6.07) is 18.9. The van der Waals surface area contributed by atoms with Gasteiger partial charge in [-0.05, 0) is 12.1 Å². The van der Waals surface area contributed by atoms with Crippen LogP contribution in [0.25, 0.3) is 11.6 Å². The van der Waals surface area contributed by atoms with E-state index in [2.05, 4.69) is 36.1 Å². The van der Waals surface area contributed by atoms with Crippen LogP contribution in [-0.4, -0.2) is 39.5 Å². The van der Waals surface area contributed by atoms with E-state index in [4.69, 9.17) is 9.68 Å². The largest absolute Gasteiger partial charge is 0.417 e. The number of amides is 1. The van der Waals surface area contributed by atoms with Gasteiger partial charge >= 0.3 is 12.2 Å². The molecular weight excluding hydrogens is 501 g/mol. The quantitative estimate of drug-likeness (QED) is 0.321. The Hall–Kier alpha value is -5.25. The first kappa shape index (κ1) is 24.4. The maximum Gasteiger partial charge on any atom is 0.417 e. The number of alkyl halides is 3. The number of aliphatic imine (C=N–C) groups is 1. The molecule has 4 aromatic rings. The number of para-hydroxylation sites is 1. The maximum absolute atomic E-state index is 13.2. The molecule has 5 rings (SSSR count). The van der Waals surface area contributed by atoms with Crippen LogP contribution in [0.3, 0.4) is 0 Å². The fraction of sp³-hybridized carbons (Fsp3) is 0.120. The fourth-order valence-corrected chi connectivity index (χ4v) is 3.73. The first-order valence-corrected chi connectivity index (χ1v) is 11.2. The lowest BCUT2D eigenvalue weighted by Gasteiger charge is -2.12. The van der Waals surface area contributed by atoms with Crippen LogP contribution in [0.1, 0.15) is 16.7 Å². The summed E-state index contributed by atoms with van der Waals surface area (Å²) in [5.74, 6) is -0.724. The summed E-state index contributed by atoms with van der Waals surface area (Å²) in [7, 11) is 0. The molecule has 3 heterocycles. The Kier molecular flexibility index (Phi) is 6.44.